The van der Waals surface area contributed by atoms with E-state index in [-0.39, 0.29) is 0 Å². The van der Waals surface area contributed by atoms with Gasteiger partial charge in [0, 0.05) is 5.56 Å². The molecule has 0 fully saturated rings. The molecular formula is C11H9O. The van der Waals surface area contributed by atoms with Crippen LogP contribution in [0.5, 0.6) is 0 Å². The van der Waals surface area contributed by atoms with Gasteiger partial charge in [-0.25, -0.2) is 0 Å². The minimum absolute atomic E-state index is 0.695. The van der Waals surface area contributed by atoms with E-state index < -0.39 is 0 Å². The third-order valence-corrected chi connectivity index (χ3v) is 1.64. The fourth-order valence-corrected chi connectivity index (χ4v) is 1.05. The molecule has 0 amide bonds. The molecule has 1 aromatic rings. The topological polar surface area (TPSA) is 20.2 Å². The second-order valence-corrected chi connectivity index (χ2v) is 2.29. The van der Waals surface area contributed by atoms with E-state index >= 15 is 0 Å². The zero-order valence-electron chi connectivity index (χ0n) is 6.62. The largest absolute Gasteiger partial charge is 0.385 e. The molecule has 0 spiro atoms. The Morgan fingerprint density at radius 1 is 1.50 bits per heavy atom. The Hall–Kier alpha value is -1.52. The molecular weight excluding hydrogens is 148 g/mol. The van der Waals surface area contributed by atoms with Crippen LogP contribution in [-0.4, -0.2) is 5.11 Å². The van der Waals surface area contributed by atoms with Crippen molar-refractivity contribution in [1.29, 1.82) is 0 Å². The number of hydrogen-bond acceptors (Lipinski definition) is 1. The Bertz CT molecular complexity index is 331. The van der Waals surface area contributed by atoms with Crippen LogP contribution in [0.1, 0.15) is 16.7 Å². The van der Waals surface area contributed by atoms with Gasteiger partial charge in [-0.15, -0.1) is 6.42 Å². The summed E-state index contributed by atoms with van der Waals surface area (Å²) in [6, 6.07) is 5.38. The standard InChI is InChI=1S/C11H9O/c1-3-9-6-5-7-10(8-12)11(9)4-2/h1,4-8,12H,2H2. The number of aliphatic hydroxyl groups is 1. The zero-order chi connectivity index (χ0) is 8.97. The Kier molecular flexibility index (Phi) is 2.68. The highest BCUT2D eigenvalue weighted by Crippen LogP contribution is 2.15. The van der Waals surface area contributed by atoms with Crippen LogP contribution in [0.15, 0.2) is 24.8 Å². The highest BCUT2D eigenvalue weighted by Gasteiger charge is 2.01. The SMILES string of the molecule is C#Cc1cccc([CH]O)c1C=C. The molecule has 1 heteroatoms. The molecule has 1 rings (SSSR count). The predicted molar refractivity (Wildman–Crippen MR) is 49.8 cm³/mol. The van der Waals surface area contributed by atoms with Gasteiger partial charge < -0.3 is 5.11 Å². The Morgan fingerprint density at radius 3 is 2.75 bits per heavy atom. The van der Waals surface area contributed by atoms with Gasteiger partial charge in [0.2, 0.25) is 0 Å². The molecule has 0 aliphatic carbocycles. The van der Waals surface area contributed by atoms with Crippen molar-refractivity contribution in [2.75, 3.05) is 0 Å². The van der Waals surface area contributed by atoms with Gasteiger partial charge in [-0.05, 0) is 17.2 Å². The van der Waals surface area contributed by atoms with Gasteiger partial charge in [-0.1, -0.05) is 30.7 Å². The first-order chi connectivity index (χ1) is 5.83. The fourth-order valence-electron chi connectivity index (χ4n) is 1.05. The van der Waals surface area contributed by atoms with E-state index in [2.05, 4.69) is 12.5 Å². The Morgan fingerprint density at radius 2 is 2.25 bits per heavy atom. The quantitative estimate of drug-likeness (QED) is 0.652. The van der Waals surface area contributed by atoms with Crippen LogP contribution in [0.3, 0.4) is 0 Å². The van der Waals surface area contributed by atoms with Gasteiger partial charge in [-0.3, -0.25) is 0 Å². The highest BCUT2D eigenvalue weighted by atomic mass is 16.3. The fraction of sp³-hybridized carbons (Fsp3) is 0. The molecule has 1 aromatic carbocycles. The van der Waals surface area contributed by atoms with Gasteiger partial charge in [0.05, 0.1) is 0 Å². The number of benzene rings is 1. The lowest BCUT2D eigenvalue weighted by atomic mass is 10.0. The van der Waals surface area contributed by atoms with Crippen LogP contribution in [0.25, 0.3) is 6.08 Å². The number of rotatable bonds is 2. The van der Waals surface area contributed by atoms with Crippen molar-refractivity contribution in [3.63, 3.8) is 0 Å². The van der Waals surface area contributed by atoms with Crippen molar-refractivity contribution < 1.29 is 5.11 Å². The number of hydrogen-bond donors (Lipinski definition) is 1. The molecule has 59 valence electrons. The van der Waals surface area contributed by atoms with Crippen molar-refractivity contribution in [3.05, 3.63) is 48.1 Å². The van der Waals surface area contributed by atoms with E-state index in [0.717, 1.165) is 17.7 Å². The van der Waals surface area contributed by atoms with Crippen molar-refractivity contribution in [3.8, 4) is 12.3 Å². The Labute approximate surface area is 72.4 Å². The first-order valence-electron chi connectivity index (χ1n) is 3.53. The lowest BCUT2D eigenvalue weighted by Crippen LogP contribution is -1.89. The smallest absolute Gasteiger partial charge is 0.110 e. The normalized spacial score (nSPS) is 9.00. The van der Waals surface area contributed by atoms with E-state index in [9.17, 15) is 0 Å². The molecule has 0 saturated heterocycles. The molecule has 1 radical (unpaired) electrons. The maximum absolute atomic E-state index is 8.83. The summed E-state index contributed by atoms with van der Waals surface area (Å²) in [5.74, 6) is 2.52. The van der Waals surface area contributed by atoms with Gasteiger partial charge in [0.25, 0.3) is 0 Å². The summed E-state index contributed by atoms with van der Waals surface area (Å²) in [7, 11) is 0. The van der Waals surface area contributed by atoms with Gasteiger partial charge in [-0.2, -0.15) is 0 Å². The third-order valence-electron chi connectivity index (χ3n) is 1.64. The number of aliphatic hydroxyl groups excluding tert-OH is 1. The first-order valence-corrected chi connectivity index (χ1v) is 3.53. The first kappa shape index (κ1) is 8.58. The zero-order valence-corrected chi connectivity index (χ0v) is 6.62. The van der Waals surface area contributed by atoms with E-state index in [4.69, 9.17) is 11.5 Å². The van der Waals surface area contributed by atoms with Crippen LogP contribution >= 0.6 is 0 Å². The average Bonchev–Trinajstić information content (AvgIpc) is 2.16. The van der Waals surface area contributed by atoms with Gasteiger partial charge in [0.15, 0.2) is 0 Å². The lowest BCUT2D eigenvalue weighted by molar-refractivity contribution is 0.414. The van der Waals surface area contributed by atoms with Crippen LogP contribution in [0.2, 0.25) is 0 Å². The predicted octanol–water partition coefficient (Wildman–Crippen LogP) is 2.19. The maximum Gasteiger partial charge on any atom is 0.110 e. The van der Waals surface area contributed by atoms with E-state index in [0.29, 0.717) is 5.56 Å². The summed E-state index contributed by atoms with van der Waals surface area (Å²) in [6.45, 7) is 4.65. The lowest BCUT2D eigenvalue weighted by Gasteiger charge is -2.03. The van der Waals surface area contributed by atoms with Crippen LogP contribution in [-0.2, 0) is 0 Å². The van der Waals surface area contributed by atoms with Crippen molar-refractivity contribution in [2.24, 2.45) is 0 Å². The Balaban J connectivity index is 3.34. The molecule has 12 heavy (non-hydrogen) atoms. The van der Waals surface area contributed by atoms with Crippen LogP contribution in [0.4, 0.5) is 0 Å². The summed E-state index contributed by atoms with van der Waals surface area (Å²) in [4.78, 5) is 0. The van der Waals surface area contributed by atoms with Crippen molar-refractivity contribution >= 4 is 6.08 Å². The van der Waals surface area contributed by atoms with Crippen LogP contribution in [0, 0.1) is 19.0 Å². The number of terminal acetylenes is 1. The summed E-state index contributed by atoms with van der Waals surface area (Å²) in [6.07, 6.45) is 6.89. The summed E-state index contributed by atoms with van der Waals surface area (Å²) >= 11 is 0. The molecule has 0 saturated carbocycles. The van der Waals surface area contributed by atoms with Gasteiger partial charge >= 0.3 is 0 Å². The third kappa shape index (κ3) is 1.39. The molecule has 0 aromatic heterocycles. The molecule has 0 bridgehead atoms. The molecule has 0 aliphatic rings. The van der Waals surface area contributed by atoms with Crippen molar-refractivity contribution in [1.82, 2.24) is 0 Å². The summed E-state index contributed by atoms with van der Waals surface area (Å²) in [5.41, 5.74) is 2.23. The molecule has 0 aliphatic heterocycles. The van der Waals surface area contributed by atoms with E-state index in [1.807, 2.05) is 6.07 Å². The maximum atomic E-state index is 8.83. The average molecular weight is 157 g/mol. The minimum atomic E-state index is 0.695. The van der Waals surface area contributed by atoms with Crippen LogP contribution < -0.4 is 0 Å². The molecule has 1 nitrogen and oxygen atoms in total. The second kappa shape index (κ2) is 3.75. The second-order valence-electron chi connectivity index (χ2n) is 2.29. The molecule has 0 heterocycles. The van der Waals surface area contributed by atoms with E-state index in [1.165, 1.54) is 0 Å². The molecule has 0 unspecified atom stereocenters. The summed E-state index contributed by atoms with van der Waals surface area (Å²) < 4.78 is 0. The van der Waals surface area contributed by atoms with Gasteiger partial charge in [0.1, 0.15) is 6.61 Å². The minimum Gasteiger partial charge on any atom is -0.385 e. The monoisotopic (exact) mass is 157 g/mol. The molecule has 0 atom stereocenters. The summed E-state index contributed by atoms with van der Waals surface area (Å²) in [5, 5.41) is 8.83. The molecule has 1 N–H and O–H groups in total. The van der Waals surface area contributed by atoms with Crippen molar-refractivity contribution in [2.45, 2.75) is 0 Å². The van der Waals surface area contributed by atoms with E-state index in [1.54, 1.807) is 18.2 Å². The highest BCUT2D eigenvalue weighted by molar-refractivity contribution is 5.62.